The monoisotopic (exact) mass is 158 g/mol. The van der Waals surface area contributed by atoms with Gasteiger partial charge in [-0.1, -0.05) is 6.92 Å². The molecule has 0 rings (SSSR count). The Kier molecular flexibility index (Phi) is 7.65. The van der Waals surface area contributed by atoms with Gasteiger partial charge in [-0.05, 0) is 6.16 Å². The molecular formula is C3H11O3PS. The highest BCUT2D eigenvalue weighted by Crippen LogP contribution is 1.68. The highest BCUT2D eigenvalue weighted by atomic mass is 32.2. The number of hydrogen-bond donors (Lipinski definition) is 1. The Labute approximate surface area is 52.4 Å². The van der Waals surface area contributed by atoms with Crippen molar-refractivity contribution in [2.75, 3.05) is 12.4 Å². The minimum atomic E-state index is -3.67. The highest BCUT2D eigenvalue weighted by molar-refractivity contribution is 7.85. The Bertz CT molecular complexity index is 108. The maximum absolute atomic E-state index is 9.19. The third kappa shape index (κ3) is 1560. The van der Waals surface area contributed by atoms with Crippen LogP contribution in [0.4, 0.5) is 0 Å². The Hall–Kier alpha value is 0.340. The van der Waals surface area contributed by atoms with Crippen molar-refractivity contribution < 1.29 is 13.0 Å². The van der Waals surface area contributed by atoms with Gasteiger partial charge < -0.3 is 0 Å². The largest absolute Gasteiger partial charge is 0.286 e. The van der Waals surface area contributed by atoms with Crippen molar-refractivity contribution in [2.45, 2.75) is 6.92 Å². The first kappa shape index (κ1) is 11.2. The van der Waals surface area contributed by atoms with Crippen LogP contribution in [0.3, 0.4) is 0 Å². The lowest BCUT2D eigenvalue weighted by Crippen LogP contribution is -1.88. The molecule has 0 aliphatic heterocycles. The molecule has 0 bridgehead atoms. The van der Waals surface area contributed by atoms with Crippen molar-refractivity contribution >= 4 is 19.4 Å². The van der Waals surface area contributed by atoms with Crippen LogP contribution in [0, 0.1) is 0 Å². The van der Waals surface area contributed by atoms with Gasteiger partial charge in [0.2, 0.25) is 0 Å². The zero-order valence-electron chi connectivity index (χ0n) is 4.96. The zero-order chi connectivity index (χ0) is 7.21. The van der Waals surface area contributed by atoms with Gasteiger partial charge in [-0.15, -0.1) is 9.24 Å². The average Bonchev–Trinajstić information content (AvgIpc) is 1.27. The van der Waals surface area contributed by atoms with Gasteiger partial charge in [0.1, 0.15) is 0 Å². The van der Waals surface area contributed by atoms with Gasteiger partial charge in [0.15, 0.2) is 0 Å². The molecule has 0 saturated heterocycles. The van der Waals surface area contributed by atoms with Gasteiger partial charge in [-0.3, -0.25) is 4.55 Å². The van der Waals surface area contributed by atoms with Crippen molar-refractivity contribution in [3.05, 3.63) is 0 Å². The van der Waals surface area contributed by atoms with E-state index in [0.717, 1.165) is 0 Å². The average molecular weight is 158 g/mol. The Morgan fingerprint density at radius 2 is 1.62 bits per heavy atom. The summed E-state index contributed by atoms with van der Waals surface area (Å²) in [5.74, 6) is 0. The Morgan fingerprint density at radius 3 is 1.62 bits per heavy atom. The van der Waals surface area contributed by atoms with Crippen molar-refractivity contribution in [2.24, 2.45) is 0 Å². The minimum absolute atomic E-state index is 0.715. The van der Waals surface area contributed by atoms with E-state index in [1.807, 2.05) is 0 Å². The first-order valence-corrected chi connectivity index (χ1v) is 4.70. The fraction of sp³-hybridized carbons (Fsp3) is 1.00. The quantitative estimate of drug-likeness (QED) is 0.409. The van der Waals surface area contributed by atoms with Crippen LogP contribution in [-0.4, -0.2) is 25.4 Å². The summed E-state index contributed by atoms with van der Waals surface area (Å²) in [4.78, 5) is 0. The predicted octanol–water partition coefficient (Wildman–Crippen LogP) is 0.385. The molecule has 1 atom stereocenters. The van der Waals surface area contributed by atoms with Crippen LogP contribution in [-0.2, 0) is 10.1 Å². The van der Waals surface area contributed by atoms with Crippen LogP contribution >= 0.6 is 9.24 Å². The van der Waals surface area contributed by atoms with Crippen LogP contribution in [0.5, 0.6) is 0 Å². The molecule has 5 heteroatoms. The molecule has 1 N–H and O–H groups in total. The lowest BCUT2D eigenvalue weighted by atomic mass is 11.0. The second-order valence-electron chi connectivity index (χ2n) is 1.14. The second kappa shape index (κ2) is 5.48. The summed E-state index contributed by atoms with van der Waals surface area (Å²) < 4.78 is 25.9. The van der Waals surface area contributed by atoms with E-state index in [0.29, 0.717) is 6.26 Å². The summed E-state index contributed by atoms with van der Waals surface area (Å²) in [6.45, 7) is 2.09. The fourth-order valence-electron chi connectivity index (χ4n) is 0. The van der Waals surface area contributed by atoms with Crippen molar-refractivity contribution in [1.82, 2.24) is 0 Å². The summed E-state index contributed by atoms with van der Waals surface area (Å²) >= 11 is 0. The van der Waals surface area contributed by atoms with Gasteiger partial charge in [0.05, 0.1) is 6.26 Å². The Morgan fingerprint density at radius 1 is 1.62 bits per heavy atom. The molecular weight excluding hydrogens is 147 g/mol. The van der Waals surface area contributed by atoms with Gasteiger partial charge in [-0.2, -0.15) is 8.42 Å². The van der Waals surface area contributed by atoms with E-state index in [1.165, 1.54) is 6.16 Å². The molecule has 8 heavy (non-hydrogen) atoms. The number of rotatable bonds is 0. The Balaban J connectivity index is 0. The van der Waals surface area contributed by atoms with Crippen LogP contribution in [0.25, 0.3) is 0 Å². The molecule has 0 heterocycles. The maximum atomic E-state index is 9.19. The molecule has 0 aliphatic rings. The van der Waals surface area contributed by atoms with E-state index in [2.05, 4.69) is 16.2 Å². The fourth-order valence-corrected chi connectivity index (χ4v) is 0. The summed E-state index contributed by atoms with van der Waals surface area (Å²) in [6.07, 6.45) is 1.88. The molecule has 52 valence electrons. The highest BCUT2D eigenvalue weighted by Gasteiger charge is 1.81. The standard InChI is InChI=1S/C2H7P.CH4O3S/c1-2-3;1-5(2,3)4/h2-3H2,1H3;1H3,(H,2,3,4). The van der Waals surface area contributed by atoms with Crippen LogP contribution in [0.2, 0.25) is 0 Å². The summed E-state index contributed by atoms with van der Waals surface area (Å²) in [5.41, 5.74) is 0. The molecule has 0 fully saturated rings. The predicted molar refractivity (Wildman–Crippen MR) is 37.7 cm³/mol. The van der Waals surface area contributed by atoms with Crippen molar-refractivity contribution in [3.8, 4) is 0 Å². The van der Waals surface area contributed by atoms with E-state index in [4.69, 9.17) is 4.55 Å². The molecule has 3 nitrogen and oxygen atoms in total. The van der Waals surface area contributed by atoms with Crippen molar-refractivity contribution in [1.29, 1.82) is 0 Å². The van der Waals surface area contributed by atoms with Crippen LogP contribution in [0.15, 0.2) is 0 Å². The van der Waals surface area contributed by atoms with Crippen LogP contribution < -0.4 is 0 Å². The molecule has 0 aromatic carbocycles. The maximum Gasteiger partial charge on any atom is 0.261 e. The van der Waals surface area contributed by atoms with Gasteiger partial charge in [0, 0.05) is 0 Å². The topological polar surface area (TPSA) is 54.4 Å². The SMILES string of the molecule is CCP.CS(=O)(=O)O. The molecule has 0 saturated carbocycles. The molecule has 0 spiro atoms. The van der Waals surface area contributed by atoms with E-state index >= 15 is 0 Å². The van der Waals surface area contributed by atoms with Crippen molar-refractivity contribution in [3.63, 3.8) is 0 Å². The summed E-state index contributed by atoms with van der Waals surface area (Å²) in [7, 11) is -1.09. The van der Waals surface area contributed by atoms with E-state index < -0.39 is 10.1 Å². The van der Waals surface area contributed by atoms with E-state index in [9.17, 15) is 8.42 Å². The minimum Gasteiger partial charge on any atom is -0.286 e. The first-order valence-electron chi connectivity index (χ1n) is 2.04. The van der Waals surface area contributed by atoms with E-state index in [1.54, 1.807) is 0 Å². The van der Waals surface area contributed by atoms with Gasteiger partial charge >= 0.3 is 0 Å². The second-order valence-corrected chi connectivity index (χ2v) is 3.42. The molecule has 0 aromatic heterocycles. The zero-order valence-corrected chi connectivity index (χ0v) is 6.93. The first-order chi connectivity index (χ1) is 3.41. The number of hydrogen-bond acceptors (Lipinski definition) is 2. The molecule has 1 unspecified atom stereocenters. The van der Waals surface area contributed by atoms with Gasteiger partial charge in [0.25, 0.3) is 10.1 Å². The van der Waals surface area contributed by atoms with Crippen LogP contribution in [0.1, 0.15) is 6.92 Å². The molecule has 0 aliphatic carbocycles. The summed E-state index contributed by atoms with van der Waals surface area (Å²) in [6, 6.07) is 0. The smallest absolute Gasteiger partial charge is 0.261 e. The lowest BCUT2D eigenvalue weighted by Gasteiger charge is -1.69. The van der Waals surface area contributed by atoms with Gasteiger partial charge in [-0.25, -0.2) is 0 Å². The molecule has 0 radical (unpaired) electrons. The molecule has 0 amide bonds. The summed E-state index contributed by atoms with van der Waals surface area (Å²) in [5, 5.41) is 0. The van der Waals surface area contributed by atoms with E-state index in [-0.39, 0.29) is 0 Å². The molecule has 0 aromatic rings. The lowest BCUT2D eigenvalue weighted by molar-refractivity contribution is 0.490. The third-order valence-corrected chi connectivity index (χ3v) is 0. The third-order valence-electron chi connectivity index (χ3n) is 0. The normalized spacial score (nSPS) is 9.50.